The highest BCUT2D eigenvalue weighted by atomic mass is 127. The van der Waals surface area contributed by atoms with E-state index in [4.69, 9.17) is 4.74 Å². The van der Waals surface area contributed by atoms with E-state index in [9.17, 15) is 9.59 Å². The van der Waals surface area contributed by atoms with E-state index < -0.39 is 5.97 Å². The number of ketones is 1. The van der Waals surface area contributed by atoms with Crippen LogP contribution in [0.25, 0.3) is 0 Å². The lowest BCUT2D eigenvalue weighted by Crippen LogP contribution is -2.03. The minimum Gasteiger partial charge on any atom is -0.450 e. The summed E-state index contributed by atoms with van der Waals surface area (Å²) >= 11 is 1.94. The Labute approximate surface area is 117 Å². The average molecular weight is 355 g/mol. The molecule has 4 nitrogen and oxygen atoms in total. The maximum atomic E-state index is 12.1. The summed E-state index contributed by atoms with van der Waals surface area (Å²) < 4.78 is 5.11. The molecule has 0 aliphatic heterocycles. The molecule has 18 heavy (non-hydrogen) atoms. The van der Waals surface area contributed by atoms with Crippen LogP contribution in [0.4, 0.5) is 0 Å². The van der Waals surface area contributed by atoms with E-state index in [-0.39, 0.29) is 16.1 Å². The molecule has 2 rings (SSSR count). The Morgan fingerprint density at radius 3 is 2.56 bits per heavy atom. The van der Waals surface area contributed by atoms with E-state index in [1.807, 2.05) is 28.7 Å². The maximum absolute atomic E-state index is 12.1. The van der Waals surface area contributed by atoms with Crippen LogP contribution in [-0.4, -0.2) is 21.4 Å². The molecule has 0 saturated carbocycles. The van der Waals surface area contributed by atoms with Crippen molar-refractivity contribution < 1.29 is 14.3 Å². The lowest BCUT2D eigenvalue weighted by molar-refractivity contribution is 0.0584. The van der Waals surface area contributed by atoms with Crippen molar-refractivity contribution in [1.29, 1.82) is 0 Å². The number of rotatable bonds is 4. The summed E-state index contributed by atoms with van der Waals surface area (Å²) in [6, 6.07) is 10.4. The molecule has 0 saturated heterocycles. The average Bonchev–Trinajstić information content (AvgIpc) is 2.89. The second-order valence-corrected chi connectivity index (χ2v) is 4.16. The van der Waals surface area contributed by atoms with Crippen LogP contribution in [0, 0.1) is 0 Å². The highest BCUT2D eigenvalue weighted by molar-refractivity contribution is 14.1. The number of carbonyl (C=O) groups is 2. The molecule has 0 amide bonds. The first-order chi connectivity index (χ1) is 8.72. The van der Waals surface area contributed by atoms with Gasteiger partial charge in [0.25, 0.3) is 0 Å². The number of hydrogen-bond acceptors (Lipinski definition) is 3. The van der Waals surface area contributed by atoms with Gasteiger partial charge in [0, 0.05) is 17.3 Å². The fraction of sp³-hybridized carbons (Fsp3) is 0.0769. The Bertz CT molecular complexity index is 563. The summed E-state index contributed by atoms with van der Waals surface area (Å²) in [7, 11) is 0. The molecule has 1 heterocycles. The largest absolute Gasteiger partial charge is 0.450 e. The highest BCUT2D eigenvalue weighted by Gasteiger charge is 2.14. The van der Waals surface area contributed by atoms with E-state index >= 15 is 0 Å². The minimum absolute atomic E-state index is 0.125. The number of carbonyl (C=O) groups excluding carboxylic acids is 2. The summed E-state index contributed by atoms with van der Waals surface area (Å²) in [5, 5.41) is 0. The van der Waals surface area contributed by atoms with Crippen molar-refractivity contribution >= 4 is 34.3 Å². The van der Waals surface area contributed by atoms with E-state index in [2.05, 4.69) is 4.98 Å². The lowest BCUT2D eigenvalue weighted by Gasteiger charge is -1.97. The van der Waals surface area contributed by atoms with Gasteiger partial charge in [0.1, 0.15) is 10.3 Å². The summed E-state index contributed by atoms with van der Waals surface area (Å²) in [4.78, 5) is 26.3. The van der Waals surface area contributed by atoms with Gasteiger partial charge in [0.05, 0.1) is 0 Å². The second kappa shape index (κ2) is 5.81. The Morgan fingerprint density at radius 2 is 1.89 bits per heavy atom. The minimum atomic E-state index is -0.462. The zero-order valence-electron chi connectivity index (χ0n) is 9.35. The van der Waals surface area contributed by atoms with Gasteiger partial charge >= 0.3 is 5.97 Å². The van der Waals surface area contributed by atoms with Crippen molar-refractivity contribution in [2.24, 2.45) is 0 Å². The van der Waals surface area contributed by atoms with Gasteiger partial charge in [-0.2, -0.15) is 0 Å². The van der Waals surface area contributed by atoms with Gasteiger partial charge in [-0.15, -0.1) is 0 Å². The molecule has 1 aromatic carbocycles. The number of halogens is 1. The van der Waals surface area contributed by atoms with Gasteiger partial charge in [-0.3, -0.25) is 4.79 Å². The fourth-order valence-corrected chi connectivity index (χ4v) is 1.81. The SMILES string of the molecule is O=C(c1ccccc1)c1c[nH]c(C(=O)OCI)c1. The van der Waals surface area contributed by atoms with Gasteiger partial charge in [-0.25, -0.2) is 4.79 Å². The van der Waals surface area contributed by atoms with E-state index in [1.54, 1.807) is 24.3 Å². The normalized spacial score (nSPS) is 10.1. The Balaban J connectivity index is 2.20. The Kier molecular flexibility index (Phi) is 4.14. The predicted octanol–water partition coefficient (Wildman–Crippen LogP) is 2.80. The van der Waals surface area contributed by atoms with Crippen LogP contribution >= 0.6 is 22.6 Å². The summed E-state index contributed by atoms with van der Waals surface area (Å²) in [5.41, 5.74) is 1.32. The molecule has 92 valence electrons. The molecule has 5 heteroatoms. The predicted molar refractivity (Wildman–Crippen MR) is 75.0 cm³/mol. The molecule has 0 aliphatic rings. The molecular weight excluding hydrogens is 345 g/mol. The number of hydrogen-bond donors (Lipinski definition) is 1. The van der Waals surface area contributed by atoms with Gasteiger partial charge < -0.3 is 9.72 Å². The number of alkyl halides is 1. The zero-order chi connectivity index (χ0) is 13.0. The number of aromatic amines is 1. The van der Waals surface area contributed by atoms with Crippen molar-refractivity contribution in [1.82, 2.24) is 4.98 Å². The van der Waals surface area contributed by atoms with Crippen LogP contribution in [0.15, 0.2) is 42.6 Å². The second-order valence-electron chi connectivity index (χ2n) is 3.54. The third-order valence-electron chi connectivity index (χ3n) is 2.39. The number of esters is 1. The smallest absolute Gasteiger partial charge is 0.355 e. The fourth-order valence-electron chi connectivity index (χ4n) is 1.53. The molecular formula is C13H10INO3. The van der Waals surface area contributed by atoms with Crippen LogP contribution in [0.3, 0.4) is 0 Å². The van der Waals surface area contributed by atoms with Gasteiger partial charge in [-0.05, 0) is 28.7 Å². The topological polar surface area (TPSA) is 59.2 Å². The van der Waals surface area contributed by atoms with Crippen LogP contribution in [0.2, 0.25) is 0 Å². The van der Waals surface area contributed by atoms with Gasteiger partial charge in [0.2, 0.25) is 0 Å². The van der Waals surface area contributed by atoms with E-state index in [1.165, 1.54) is 12.3 Å². The highest BCUT2D eigenvalue weighted by Crippen LogP contribution is 2.12. The number of ether oxygens (including phenoxy) is 1. The molecule has 0 spiro atoms. The van der Waals surface area contributed by atoms with Crippen molar-refractivity contribution in [3.63, 3.8) is 0 Å². The quantitative estimate of drug-likeness (QED) is 0.397. The molecule has 1 N–H and O–H groups in total. The van der Waals surface area contributed by atoms with Crippen LogP contribution in [0.5, 0.6) is 0 Å². The molecule has 0 radical (unpaired) electrons. The molecule has 0 aliphatic carbocycles. The standard InChI is InChI=1S/C13H10INO3/c14-8-18-13(17)11-6-10(7-15-11)12(16)9-4-2-1-3-5-9/h1-7,15H,8H2. The number of nitrogens with one attached hydrogen (secondary N) is 1. The molecule has 0 fully saturated rings. The van der Waals surface area contributed by atoms with Crippen LogP contribution in [-0.2, 0) is 4.74 Å². The van der Waals surface area contributed by atoms with Crippen molar-refractivity contribution in [3.8, 4) is 0 Å². The zero-order valence-corrected chi connectivity index (χ0v) is 11.5. The first-order valence-electron chi connectivity index (χ1n) is 5.23. The Morgan fingerprint density at radius 1 is 1.17 bits per heavy atom. The van der Waals surface area contributed by atoms with E-state index in [0.29, 0.717) is 11.1 Å². The molecule has 1 aromatic heterocycles. The molecule has 2 aromatic rings. The maximum Gasteiger partial charge on any atom is 0.355 e. The summed E-state index contributed by atoms with van der Waals surface area (Å²) in [6.45, 7) is 0. The molecule has 0 bridgehead atoms. The number of aromatic nitrogens is 1. The van der Waals surface area contributed by atoms with E-state index in [0.717, 1.165) is 0 Å². The molecule has 0 atom stereocenters. The summed E-state index contributed by atoms with van der Waals surface area (Å²) in [5.74, 6) is -0.586. The third-order valence-corrected chi connectivity index (χ3v) is 2.70. The first-order valence-corrected chi connectivity index (χ1v) is 6.76. The monoisotopic (exact) mass is 355 g/mol. The van der Waals surface area contributed by atoms with Crippen molar-refractivity contribution in [3.05, 3.63) is 59.4 Å². The van der Waals surface area contributed by atoms with Crippen LogP contribution < -0.4 is 0 Å². The van der Waals surface area contributed by atoms with Gasteiger partial charge in [0.15, 0.2) is 5.78 Å². The van der Waals surface area contributed by atoms with Crippen LogP contribution in [0.1, 0.15) is 26.4 Å². The van der Waals surface area contributed by atoms with Crippen molar-refractivity contribution in [2.75, 3.05) is 4.61 Å². The first kappa shape index (κ1) is 12.8. The summed E-state index contributed by atoms with van der Waals surface area (Å²) in [6.07, 6.45) is 1.51. The van der Waals surface area contributed by atoms with Gasteiger partial charge in [-0.1, -0.05) is 30.3 Å². The Hall–Kier alpha value is -1.63. The number of benzene rings is 1. The molecule has 0 unspecified atom stereocenters. The lowest BCUT2D eigenvalue weighted by atomic mass is 10.1. The number of H-pyrrole nitrogens is 1. The van der Waals surface area contributed by atoms with Crippen molar-refractivity contribution in [2.45, 2.75) is 0 Å². The third kappa shape index (κ3) is 2.79.